The summed E-state index contributed by atoms with van der Waals surface area (Å²) in [6, 6.07) is 9.12. The first-order valence-corrected chi connectivity index (χ1v) is 9.35. The first kappa shape index (κ1) is 20.5. The van der Waals surface area contributed by atoms with E-state index in [0.29, 0.717) is 15.6 Å². The predicted octanol–water partition coefficient (Wildman–Crippen LogP) is 5.79. The summed E-state index contributed by atoms with van der Waals surface area (Å²) >= 11 is 12.8. The van der Waals surface area contributed by atoms with Crippen molar-refractivity contribution < 1.29 is 22.4 Å². The number of benzene rings is 2. The molecule has 0 aliphatic carbocycles. The number of nitrogens with zero attached hydrogens (tertiary/aromatic N) is 2. The van der Waals surface area contributed by atoms with Gasteiger partial charge in [-0.15, -0.1) is 10.2 Å². The van der Waals surface area contributed by atoms with Crippen molar-refractivity contribution in [1.82, 2.24) is 10.2 Å². The highest BCUT2D eigenvalue weighted by Gasteiger charge is 2.30. The fourth-order valence-electron chi connectivity index (χ4n) is 2.14. The van der Waals surface area contributed by atoms with Gasteiger partial charge in [-0.25, -0.2) is 0 Å². The molecule has 0 bridgehead atoms. The van der Waals surface area contributed by atoms with E-state index in [1.54, 1.807) is 12.1 Å². The lowest BCUT2D eigenvalue weighted by atomic mass is 10.2. The van der Waals surface area contributed by atoms with Crippen molar-refractivity contribution in [2.45, 2.75) is 11.4 Å². The Labute approximate surface area is 171 Å². The van der Waals surface area contributed by atoms with Gasteiger partial charge in [0, 0.05) is 10.7 Å². The Morgan fingerprint density at radius 1 is 1.14 bits per heavy atom. The summed E-state index contributed by atoms with van der Waals surface area (Å²) < 4.78 is 43.6. The summed E-state index contributed by atoms with van der Waals surface area (Å²) in [5.74, 6) is -0.497. The maximum atomic E-state index is 12.7. The smallest absolute Gasteiger partial charge is 0.411 e. The Bertz CT molecular complexity index is 1010. The van der Waals surface area contributed by atoms with Crippen LogP contribution in [0, 0.1) is 0 Å². The van der Waals surface area contributed by atoms with E-state index in [0.717, 1.165) is 23.9 Å². The molecule has 1 N–H and O–H groups in total. The Kier molecular flexibility index (Phi) is 6.17. The molecule has 3 rings (SSSR count). The minimum Gasteiger partial charge on any atom is -0.411 e. The van der Waals surface area contributed by atoms with Gasteiger partial charge in [-0.2, -0.15) is 13.2 Å². The van der Waals surface area contributed by atoms with Gasteiger partial charge in [-0.05, 0) is 36.4 Å². The second-order valence-corrected chi connectivity index (χ2v) is 7.18. The summed E-state index contributed by atoms with van der Waals surface area (Å²) in [5, 5.41) is 10.9. The first-order chi connectivity index (χ1) is 13.2. The molecule has 0 radical (unpaired) electrons. The number of halogens is 5. The van der Waals surface area contributed by atoms with Crippen LogP contribution in [0.5, 0.6) is 0 Å². The number of nitrogens with one attached hydrogen (secondary N) is 1. The van der Waals surface area contributed by atoms with E-state index in [1.165, 1.54) is 18.2 Å². The van der Waals surface area contributed by atoms with Gasteiger partial charge < -0.3 is 9.73 Å². The second-order valence-electron chi connectivity index (χ2n) is 5.41. The van der Waals surface area contributed by atoms with Crippen LogP contribution in [0.2, 0.25) is 10.0 Å². The topological polar surface area (TPSA) is 68.0 Å². The largest absolute Gasteiger partial charge is 0.416 e. The van der Waals surface area contributed by atoms with Crippen LogP contribution in [0.15, 0.2) is 52.1 Å². The summed E-state index contributed by atoms with van der Waals surface area (Å²) in [6.45, 7) is 0. The van der Waals surface area contributed by atoms with Crippen molar-refractivity contribution in [1.29, 1.82) is 0 Å². The zero-order valence-electron chi connectivity index (χ0n) is 13.8. The van der Waals surface area contributed by atoms with E-state index in [1.807, 2.05) is 0 Å². The van der Waals surface area contributed by atoms with Crippen molar-refractivity contribution >= 4 is 46.6 Å². The maximum Gasteiger partial charge on any atom is 0.416 e. The number of carbonyl (C=O) groups excluding carboxylic acids is 1. The van der Waals surface area contributed by atoms with E-state index in [2.05, 4.69) is 15.5 Å². The number of aromatic nitrogens is 2. The highest BCUT2D eigenvalue weighted by molar-refractivity contribution is 7.99. The Morgan fingerprint density at radius 3 is 2.64 bits per heavy atom. The highest BCUT2D eigenvalue weighted by atomic mass is 35.5. The minimum absolute atomic E-state index is 0.0413. The third kappa shape index (κ3) is 5.18. The van der Waals surface area contributed by atoms with Gasteiger partial charge in [0.1, 0.15) is 0 Å². The van der Waals surface area contributed by atoms with Gasteiger partial charge in [-0.1, -0.05) is 41.0 Å². The SMILES string of the molecule is O=C(CSc1nnc(-c2ccc(Cl)cc2Cl)o1)Nc1cccc(C(F)(F)F)c1. The quantitative estimate of drug-likeness (QED) is 0.501. The van der Waals surface area contributed by atoms with Crippen LogP contribution in [0.3, 0.4) is 0 Å². The van der Waals surface area contributed by atoms with Crippen LogP contribution in [0.25, 0.3) is 11.5 Å². The molecule has 0 spiro atoms. The van der Waals surface area contributed by atoms with E-state index < -0.39 is 17.6 Å². The summed E-state index contributed by atoms with van der Waals surface area (Å²) in [4.78, 5) is 12.0. The van der Waals surface area contributed by atoms with Gasteiger partial charge in [0.05, 0.1) is 21.9 Å². The van der Waals surface area contributed by atoms with E-state index >= 15 is 0 Å². The molecule has 0 aliphatic heterocycles. The van der Waals surface area contributed by atoms with Crippen LogP contribution in [0.4, 0.5) is 18.9 Å². The molecule has 3 aromatic rings. The van der Waals surface area contributed by atoms with Gasteiger partial charge in [0.15, 0.2) is 0 Å². The average Bonchev–Trinajstić information content (AvgIpc) is 3.08. The van der Waals surface area contributed by atoms with E-state index in [9.17, 15) is 18.0 Å². The lowest BCUT2D eigenvalue weighted by Gasteiger charge is -2.09. The van der Waals surface area contributed by atoms with Crippen LogP contribution < -0.4 is 5.32 Å². The molecule has 5 nitrogen and oxygen atoms in total. The van der Waals surface area contributed by atoms with Crippen molar-refractivity contribution in [2.24, 2.45) is 0 Å². The van der Waals surface area contributed by atoms with E-state index in [4.69, 9.17) is 27.6 Å². The molecule has 0 unspecified atom stereocenters. The molecule has 1 aromatic heterocycles. The molecule has 0 atom stereocenters. The lowest BCUT2D eigenvalue weighted by Crippen LogP contribution is -2.15. The average molecular weight is 448 g/mol. The molecule has 0 fully saturated rings. The summed E-state index contributed by atoms with van der Waals surface area (Å²) in [7, 11) is 0. The van der Waals surface area contributed by atoms with Gasteiger partial charge in [0.2, 0.25) is 11.8 Å². The summed E-state index contributed by atoms with van der Waals surface area (Å²) in [5.41, 5.74) is -0.322. The molecular weight excluding hydrogens is 438 g/mol. The number of hydrogen-bond acceptors (Lipinski definition) is 5. The van der Waals surface area contributed by atoms with E-state index in [-0.39, 0.29) is 22.6 Å². The molecule has 28 heavy (non-hydrogen) atoms. The number of thioether (sulfide) groups is 1. The standard InChI is InChI=1S/C17H10Cl2F3N3O2S/c18-10-4-5-12(13(19)7-10)15-24-25-16(27-15)28-8-14(26)23-11-3-1-2-9(6-11)17(20,21)22/h1-7H,8H2,(H,23,26). The third-order valence-electron chi connectivity index (χ3n) is 3.37. The number of amides is 1. The van der Waals surface area contributed by atoms with Gasteiger partial charge in [-0.3, -0.25) is 4.79 Å². The normalized spacial score (nSPS) is 11.5. The fraction of sp³-hybridized carbons (Fsp3) is 0.118. The number of alkyl halides is 3. The fourth-order valence-corrected chi connectivity index (χ4v) is 3.19. The highest BCUT2D eigenvalue weighted by Crippen LogP contribution is 2.32. The van der Waals surface area contributed by atoms with Crippen molar-refractivity contribution in [3.63, 3.8) is 0 Å². The molecule has 1 heterocycles. The first-order valence-electron chi connectivity index (χ1n) is 7.61. The Hall–Kier alpha value is -2.23. The zero-order valence-corrected chi connectivity index (χ0v) is 16.1. The van der Waals surface area contributed by atoms with Crippen LogP contribution in [-0.2, 0) is 11.0 Å². The lowest BCUT2D eigenvalue weighted by molar-refractivity contribution is -0.137. The molecular formula is C17H10Cl2F3N3O2S. The molecule has 2 aromatic carbocycles. The van der Waals surface area contributed by atoms with Crippen LogP contribution in [0.1, 0.15) is 5.56 Å². The minimum atomic E-state index is -4.49. The molecule has 11 heteroatoms. The van der Waals surface area contributed by atoms with Crippen LogP contribution in [-0.4, -0.2) is 21.9 Å². The van der Waals surface area contributed by atoms with Crippen LogP contribution >= 0.6 is 35.0 Å². The number of rotatable bonds is 5. The second kappa shape index (κ2) is 8.42. The van der Waals surface area contributed by atoms with Gasteiger partial charge in [0.25, 0.3) is 5.22 Å². The number of anilines is 1. The van der Waals surface area contributed by atoms with Gasteiger partial charge >= 0.3 is 6.18 Å². The molecule has 0 aliphatic rings. The molecule has 0 saturated heterocycles. The van der Waals surface area contributed by atoms with Crippen molar-refractivity contribution in [3.05, 3.63) is 58.1 Å². The molecule has 146 valence electrons. The molecule has 0 saturated carbocycles. The van der Waals surface area contributed by atoms with Crippen molar-refractivity contribution in [2.75, 3.05) is 11.1 Å². The summed E-state index contributed by atoms with van der Waals surface area (Å²) in [6.07, 6.45) is -4.49. The number of carbonyl (C=O) groups is 1. The third-order valence-corrected chi connectivity index (χ3v) is 4.73. The predicted molar refractivity (Wildman–Crippen MR) is 101 cm³/mol. The Morgan fingerprint density at radius 2 is 1.93 bits per heavy atom. The zero-order chi connectivity index (χ0) is 20.3. The van der Waals surface area contributed by atoms with Crippen molar-refractivity contribution in [3.8, 4) is 11.5 Å². The number of hydrogen-bond donors (Lipinski definition) is 1. The monoisotopic (exact) mass is 447 g/mol. The molecule has 1 amide bonds. The Balaban J connectivity index is 1.61. The maximum absolute atomic E-state index is 12.7.